The zero-order chi connectivity index (χ0) is 11.8. The average Bonchev–Trinajstić information content (AvgIpc) is 2.58. The quantitative estimate of drug-likeness (QED) is 0.796. The van der Waals surface area contributed by atoms with Gasteiger partial charge in [0.15, 0.2) is 0 Å². The van der Waals surface area contributed by atoms with E-state index in [2.05, 4.69) is 44.0 Å². The number of hydrogen-bond acceptors (Lipinski definition) is 1. The monoisotopic (exact) mass is 217 g/mol. The number of benzene rings is 1. The number of aromatic nitrogens is 1. The summed E-state index contributed by atoms with van der Waals surface area (Å²) in [5.41, 5.74) is 2.17. The second-order valence-electron chi connectivity index (χ2n) is 5.47. The number of nitrogens with one attached hydrogen (secondary N) is 1. The first-order valence-electron chi connectivity index (χ1n) is 5.71. The third-order valence-corrected chi connectivity index (χ3v) is 3.00. The van der Waals surface area contributed by atoms with Crippen molar-refractivity contribution in [2.45, 2.75) is 33.3 Å². The minimum atomic E-state index is -0.319. The summed E-state index contributed by atoms with van der Waals surface area (Å²) in [6.45, 7) is 6.17. The van der Waals surface area contributed by atoms with Crippen LogP contribution in [0, 0.1) is 5.41 Å². The lowest BCUT2D eigenvalue weighted by molar-refractivity contribution is 0.0629. The van der Waals surface area contributed by atoms with Crippen molar-refractivity contribution in [3.63, 3.8) is 0 Å². The Labute approximate surface area is 96.3 Å². The molecule has 0 fully saturated rings. The normalized spacial score (nSPS) is 14.2. The summed E-state index contributed by atoms with van der Waals surface area (Å²) in [5.74, 6) is 0. The molecule has 0 bridgehead atoms. The highest BCUT2D eigenvalue weighted by Gasteiger charge is 2.22. The summed E-state index contributed by atoms with van der Waals surface area (Å²) >= 11 is 0. The molecule has 1 aromatic carbocycles. The fourth-order valence-electron chi connectivity index (χ4n) is 1.76. The standard InChI is InChI=1S/C14H19NO/c1-14(2,3)13(16)9-11-8-10-6-4-5-7-12(10)15-11/h4-8,13,15-16H,9H2,1-3H3. The zero-order valence-corrected chi connectivity index (χ0v) is 10.1. The highest BCUT2D eigenvalue weighted by atomic mass is 16.3. The minimum Gasteiger partial charge on any atom is -0.392 e. The van der Waals surface area contributed by atoms with E-state index in [9.17, 15) is 5.11 Å². The van der Waals surface area contributed by atoms with Crippen LogP contribution in [0.25, 0.3) is 10.9 Å². The van der Waals surface area contributed by atoms with Gasteiger partial charge in [-0.1, -0.05) is 39.0 Å². The molecule has 2 heteroatoms. The van der Waals surface area contributed by atoms with Crippen molar-refractivity contribution in [2.75, 3.05) is 0 Å². The van der Waals surface area contributed by atoms with E-state index in [1.807, 2.05) is 12.1 Å². The van der Waals surface area contributed by atoms with Crippen LogP contribution in [0.3, 0.4) is 0 Å². The lowest BCUT2D eigenvalue weighted by atomic mass is 9.86. The van der Waals surface area contributed by atoms with Crippen LogP contribution < -0.4 is 0 Å². The first-order valence-corrected chi connectivity index (χ1v) is 5.71. The van der Waals surface area contributed by atoms with Crippen LogP contribution in [0.4, 0.5) is 0 Å². The molecule has 1 atom stereocenters. The minimum absolute atomic E-state index is 0.0721. The lowest BCUT2D eigenvalue weighted by Gasteiger charge is -2.25. The van der Waals surface area contributed by atoms with Gasteiger partial charge in [0, 0.05) is 17.6 Å². The topological polar surface area (TPSA) is 36.0 Å². The maximum atomic E-state index is 10.0. The van der Waals surface area contributed by atoms with Crippen molar-refractivity contribution in [1.82, 2.24) is 4.98 Å². The molecule has 0 aliphatic carbocycles. The summed E-state index contributed by atoms with van der Waals surface area (Å²) in [7, 11) is 0. The van der Waals surface area contributed by atoms with E-state index in [1.165, 1.54) is 5.39 Å². The Bertz CT molecular complexity index is 446. The highest BCUT2D eigenvalue weighted by Crippen LogP contribution is 2.23. The van der Waals surface area contributed by atoms with Crippen molar-refractivity contribution < 1.29 is 5.11 Å². The van der Waals surface area contributed by atoms with Crippen molar-refractivity contribution >= 4 is 10.9 Å². The Balaban J connectivity index is 2.22. The van der Waals surface area contributed by atoms with Gasteiger partial charge in [-0.2, -0.15) is 0 Å². The average molecular weight is 217 g/mol. The molecule has 2 rings (SSSR count). The van der Waals surface area contributed by atoms with Gasteiger partial charge < -0.3 is 10.1 Å². The van der Waals surface area contributed by atoms with Crippen LogP contribution >= 0.6 is 0 Å². The maximum absolute atomic E-state index is 10.0. The molecule has 2 aromatic rings. The molecule has 0 saturated carbocycles. The Morgan fingerprint density at radius 3 is 2.56 bits per heavy atom. The van der Waals surface area contributed by atoms with Crippen LogP contribution in [0.15, 0.2) is 30.3 Å². The largest absolute Gasteiger partial charge is 0.392 e. The van der Waals surface area contributed by atoms with Crippen molar-refractivity contribution in [3.8, 4) is 0 Å². The number of rotatable bonds is 2. The highest BCUT2D eigenvalue weighted by molar-refractivity contribution is 5.80. The molecular weight excluding hydrogens is 198 g/mol. The van der Waals surface area contributed by atoms with Gasteiger partial charge in [0.25, 0.3) is 0 Å². The number of para-hydroxylation sites is 1. The van der Waals surface area contributed by atoms with Gasteiger partial charge in [0.05, 0.1) is 6.10 Å². The molecule has 0 saturated heterocycles. The number of aliphatic hydroxyl groups is 1. The van der Waals surface area contributed by atoms with Gasteiger partial charge in [-0.25, -0.2) is 0 Å². The summed E-state index contributed by atoms with van der Waals surface area (Å²) in [6, 6.07) is 10.3. The second kappa shape index (κ2) is 3.95. The van der Waals surface area contributed by atoms with Crippen LogP contribution in [0.1, 0.15) is 26.5 Å². The van der Waals surface area contributed by atoms with E-state index in [0.717, 1.165) is 11.2 Å². The fourth-order valence-corrected chi connectivity index (χ4v) is 1.76. The molecule has 0 spiro atoms. The van der Waals surface area contributed by atoms with Crippen molar-refractivity contribution in [2.24, 2.45) is 5.41 Å². The van der Waals surface area contributed by atoms with Gasteiger partial charge in [-0.3, -0.25) is 0 Å². The van der Waals surface area contributed by atoms with Gasteiger partial charge >= 0.3 is 0 Å². The molecule has 1 heterocycles. The molecule has 16 heavy (non-hydrogen) atoms. The Kier molecular flexibility index (Phi) is 2.76. The van der Waals surface area contributed by atoms with Crippen LogP contribution in [-0.4, -0.2) is 16.2 Å². The number of aliphatic hydroxyl groups excluding tert-OH is 1. The van der Waals surface area contributed by atoms with E-state index in [0.29, 0.717) is 6.42 Å². The third kappa shape index (κ3) is 2.27. The lowest BCUT2D eigenvalue weighted by Crippen LogP contribution is -2.28. The molecule has 0 aliphatic heterocycles. The molecule has 1 unspecified atom stereocenters. The van der Waals surface area contributed by atoms with Gasteiger partial charge in [0.2, 0.25) is 0 Å². The van der Waals surface area contributed by atoms with Crippen LogP contribution in [0.2, 0.25) is 0 Å². The Hall–Kier alpha value is -1.28. The molecule has 0 aliphatic rings. The van der Waals surface area contributed by atoms with Crippen LogP contribution in [-0.2, 0) is 6.42 Å². The SMILES string of the molecule is CC(C)(C)C(O)Cc1cc2ccccc2[nH]1. The van der Waals surface area contributed by atoms with Crippen LogP contribution in [0.5, 0.6) is 0 Å². The zero-order valence-electron chi connectivity index (χ0n) is 10.1. The van der Waals surface area contributed by atoms with Crippen molar-refractivity contribution in [1.29, 1.82) is 0 Å². The van der Waals surface area contributed by atoms with E-state index in [-0.39, 0.29) is 11.5 Å². The molecule has 1 aromatic heterocycles. The Morgan fingerprint density at radius 1 is 1.25 bits per heavy atom. The second-order valence-corrected chi connectivity index (χ2v) is 5.47. The predicted octanol–water partition coefficient (Wildman–Crippen LogP) is 3.12. The number of fused-ring (bicyclic) bond motifs is 1. The number of H-pyrrole nitrogens is 1. The molecule has 0 radical (unpaired) electrons. The summed E-state index contributed by atoms with van der Waals surface area (Å²) in [5, 5.41) is 11.3. The first-order chi connectivity index (χ1) is 7.47. The van der Waals surface area contributed by atoms with Gasteiger partial charge in [-0.05, 0) is 22.9 Å². The smallest absolute Gasteiger partial charge is 0.0643 e. The number of aromatic amines is 1. The summed E-state index contributed by atoms with van der Waals surface area (Å²) in [4.78, 5) is 3.34. The third-order valence-electron chi connectivity index (χ3n) is 3.00. The van der Waals surface area contributed by atoms with E-state index < -0.39 is 0 Å². The maximum Gasteiger partial charge on any atom is 0.0643 e. The molecular formula is C14H19NO. The summed E-state index contributed by atoms with van der Waals surface area (Å²) in [6.07, 6.45) is 0.360. The first kappa shape index (κ1) is 11.2. The molecule has 0 amide bonds. The molecule has 2 N–H and O–H groups in total. The van der Waals surface area contributed by atoms with Gasteiger partial charge in [0.1, 0.15) is 0 Å². The van der Waals surface area contributed by atoms with E-state index in [1.54, 1.807) is 0 Å². The van der Waals surface area contributed by atoms with Crippen molar-refractivity contribution in [3.05, 3.63) is 36.0 Å². The van der Waals surface area contributed by atoms with E-state index in [4.69, 9.17) is 0 Å². The molecule has 2 nitrogen and oxygen atoms in total. The van der Waals surface area contributed by atoms with Gasteiger partial charge in [-0.15, -0.1) is 0 Å². The Morgan fingerprint density at radius 2 is 1.94 bits per heavy atom. The number of hydrogen-bond donors (Lipinski definition) is 2. The molecule has 86 valence electrons. The fraction of sp³-hybridized carbons (Fsp3) is 0.429. The van der Waals surface area contributed by atoms with E-state index >= 15 is 0 Å². The summed E-state index contributed by atoms with van der Waals surface area (Å²) < 4.78 is 0. The predicted molar refractivity (Wildman–Crippen MR) is 67.5 cm³/mol.